The van der Waals surface area contributed by atoms with Crippen molar-refractivity contribution in [3.05, 3.63) is 42.1 Å². The normalized spacial score (nSPS) is 11.8. The standard InChI is InChI=1S/C20H21N3O6S/c1-12(2)29-18(25)9-22-19(26)14-4-3-7-21-20(14)30-10-17(24)23-13-5-6-15-16(8-13)28-11-27-15/h3-8,12H,9-11H2,1-2H3,(H,22,26)(H,23,24). The van der Waals surface area contributed by atoms with Crippen LogP contribution in [0.4, 0.5) is 5.69 Å². The van der Waals surface area contributed by atoms with Crippen LogP contribution in [-0.2, 0) is 14.3 Å². The molecule has 158 valence electrons. The average molecular weight is 431 g/mol. The Hall–Kier alpha value is -3.27. The molecule has 1 aliphatic heterocycles. The summed E-state index contributed by atoms with van der Waals surface area (Å²) in [6, 6.07) is 8.30. The van der Waals surface area contributed by atoms with Crippen LogP contribution in [0.25, 0.3) is 0 Å². The Morgan fingerprint density at radius 1 is 1.20 bits per heavy atom. The van der Waals surface area contributed by atoms with Crippen LogP contribution in [0.2, 0.25) is 0 Å². The van der Waals surface area contributed by atoms with Crippen molar-refractivity contribution in [3.63, 3.8) is 0 Å². The minimum absolute atomic E-state index is 0.0428. The van der Waals surface area contributed by atoms with Crippen molar-refractivity contribution < 1.29 is 28.6 Å². The highest BCUT2D eigenvalue weighted by atomic mass is 32.2. The first kappa shape index (κ1) is 21.4. The molecule has 0 aliphatic carbocycles. The summed E-state index contributed by atoms with van der Waals surface area (Å²) in [4.78, 5) is 40.5. The van der Waals surface area contributed by atoms with E-state index in [1.807, 2.05) is 0 Å². The zero-order valence-corrected chi connectivity index (χ0v) is 17.3. The highest BCUT2D eigenvalue weighted by Crippen LogP contribution is 2.34. The number of hydrogen-bond acceptors (Lipinski definition) is 8. The molecule has 0 fully saturated rings. The van der Waals surface area contributed by atoms with Crippen molar-refractivity contribution in [2.24, 2.45) is 0 Å². The van der Waals surface area contributed by atoms with E-state index in [1.54, 1.807) is 44.2 Å². The van der Waals surface area contributed by atoms with Gasteiger partial charge in [0.15, 0.2) is 11.5 Å². The number of nitrogens with one attached hydrogen (secondary N) is 2. The van der Waals surface area contributed by atoms with E-state index in [1.165, 1.54) is 6.20 Å². The van der Waals surface area contributed by atoms with Gasteiger partial charge in [-0.25, -0.2) is 4.98 Å². The number of rotatable bonds is 8. The van der Waals surface area contributed by atoms with Crippen molar-refractivity contribution in [2.45, 2.75) is 25.0 Å². The Bertz CT molecular complexity index is 950. The van der Waals surface area contributed by atoms with Crippen LogP contribution in [0.1, 0.15) is 24.2 Å². The van der Waals surface area contributed by atoms with Crippen molar-refractivity contribution in [3.8, 4) is 11.5 Å². The van der Waals surface area contributed by atoms with Gasteiger partial charge in [0.05, 0.1) is 17.4 Å². The third-order valence-electron chi connectivity index (χ3n) is 3.77. The smallest absolute Gasteiger partial charge is 0.325 e. The summed E-state index contributed by atoms with van der Waals surface area (Å²) in [7, 11) is 0. The average Bonchev–Trinajstić information content (AvgIpc) is 3.18. The van der Waals surface area contributed by atoms with Crippen LogP contribution in [-0.4, -0.2) is 48.0 Å². The molecule has 2 amide bonds. The predicted molar refractivity (Wildman–Crippen MR) is 110 cm³/mol. The number of anilines is 1. The number of ether oxygens (including phenoxy) is 3. The Balaban J connectivity index is 1.54. The van der Waals surface area contributed by atoms with Gasteiger partial charge in [0.2, 0.25) is 12.7 Å². The monoisotopic (exact) mass is 431 g/mol. The number of carbonyl (C=O) groups excluding carboxylic acids is 3. The van der Waals surface area contributed by atoms with Crippen LogP contribution in [0.5, 0.6) is 11.5 Å². The Morgan fingerprint density at radius 3 is 2.80 bits per heavy atom. The van der Waals surface area contributed by atoms with E-state index < -0.39 is 11.9 Å². The first-order valence-electron chi connectivity index (χ1n) is 9.17. The van der Waals surface area contributed by atoms with Gasteiger partial charge in [-0.15, -0.1) is 0 Å². The number of thioether (sulfide) groups is 1. The molecule has 0 saturated heterocycles. The van der Waals surface area contributed by atoms with E-state index in [4.69, 9.17) is 14.2 Å². The Morgan fingerprint density at radius 2 is 2.00 bits per heavy atom. The van der Waals surface area contributed by atoms with Gasteiger partial charge in [0, 0.05) is 18.0 Å². The van der Waals surface area contributed by atoms with Crippen molar-refractivity contribution in [1.29, 1.82) is 0 Å². The number of esters is 1. The maximum absolute atomic E-state index is 12.4. The maximum atomic E-state index is 12.4. The van der Waals surface area contributed by atoms with Gasteiger partial charge in [0.1, 0.15) is 11.6 Å². The third-order valence-corrected chi connectivity index (χ3v) is 4.78. The van der Waals surface area contributed by atoms with Gasteiger partial charge < -0.3 is 24.8 Å². The number of aromatic nitrogens is 1. The summed E-state index contributed by atoms with van der Waals surface area (Å²) in [6.45, 7) is 3.36. The summed E-state index contributed by atoms with van der Waals surface area (Å²) in [5.74, 6) is -0.0245. The van der Waals surface area contributed by atoms with Crippen molar-refractivity contribution >= 4 is 35.2 Å². The van der Waals surface area contributed by atoms with Crippen LogP contribution in [0.3, 0.4) is 0 Å². The lowest BCUT2D eigenvalue weighted by atomic mass is 10.2. The van der Waals surface area contributed by atoms with Gasteiger partial charge in [-0.05, 0) is 38.1 Å². The molecule has 2 heterocycles. The molecule has 0 saturated carbocycles. The number of carbonyl (C=O) groups is 3. The number of amides is 2. The van der Waals surface area contributed by atoms with E-state index in [0.717, 1.165) is 11.8 Å². The van der Waals surface area contributed by atoms with Gasteiger partial charge in [0.25, 0.3) is 5.91 Å². The highest BCUT2D eigenvalue weighted by molar-refractivity contribution is 8.00. The van der Waals surface area contributed by atoms with E-state index >= 15 is 0 Å². The van der Waals surface area contributed by atoms with Crippen LogP contribution in [0.15, 0.2) is 41.6 Å². The molecule has 0 unspecified atom stereocenters. The molecule has 30 heavy (non-hydrogen) atoms. The van der Waals surface area contributed by atoms with Crippen LogP contribution in [0, 0.1) is 0 Å². The molecule has 0 spiro atoms. The van der Waals surface area contributed by atoms with Gasteiger partial charge in [-0.2, -0.15) is 0 Å². The quantitative estimate of drug-likeness (QED) is 0.483. The summed E-state index contributed by atoms with van der Waals surface area (Å²) in [5.41, 5.74) is 0.850. The maximum Gasteiger partial charge on any atom is 0.325 e. The van der Waals surface area contributed by atoms with Gasteiger partial charge in [-0.3, -0.25) is 14.4 Å². The lowest BCUT2D eigenvalue weighted by molar-refractivity contribution is -0.146. The molecule has 3 rings (SSSR count). The number of hydrogen-bond donors (Lipinski definition) is 2. The molecule has 10 heteroatoms. The second kappa shape index (κ2) is 9.97. The highest BCUT2D eigenvalue weighted by Gasteiger charge is 2.17. The first-order valence-corrected chi connectivity index (χ1v) is 10.2. The van der Waals surface area contributed by atoms with E-state index in [2.05, 4.69) is 15.6 Å². The van der Waals surface area contributed by atoms with E-state index in [0.29, 0.717) is 22.2 Å². The minimum atomic E-state index is -0.528. The topological polar surface area (TPSA) is 116 Å². The summed E-state index contributed by atoms with van der Waals surface area (Å²) >= 11 is 1.12. The fourth-order valence-corrected chi connectivity index (χ4v) is 3.33. The number of pyridine rings is 1. The fraction of sp³-hybridized carbons (Fsp3) is 0.300. The zero-order chi connectivity index (χ0) is 21.5. The summed E-state index contributed by atoms with van der Waals surface area (Å²) < 4.78 is 15.5. The SMILES string of the molecule is CC(C)OC(=O)CNC(=O)c1cccnc1SCC(=O)Nc1ccc2c(c1)OCO2. The molecule has 1 aliphatic rings. The van der Waals surface area contributed by atoms with Gasteiger partial charge >= 0.3 is 5.97 Å². The third kappa shape index (κ3) is 5.86. The number of nitrogens with zero attached hydrogens (tertiary/aromatic N) is 1. The predicted octanol–water partition coefficient (Wildman–Crippen LogP) is 2.22. The second-order valence-corrected chi connectivity index (χ2v) is 7.45. The first-order chi connectivity index (χ1) is 14.4. The minimum Gasteiger partial charge on any atom is -0.462 e. The second-order valence-electron chi connectivity index (χ2n) is 6.48. The molecule has 2 aromatic rings. The molecular formula is C20H21N3O6S. The van der Waals surface area contributed by atoms with Crippen LogP contribution >= 0.6 is 11.8 Å². The Kier molecular flexibility index (Phi) is 7.12. The molecule has 9 nitrogen and oxygen atoms in total. The molecule has 0 atom stereocenters. The molecular weight excluding hydrogens is 410 g/mol. The van der Waals surface area contributed by atoms with Crippen LogP contribution < -0.4 is 20.1 Å². The van der Waals surface area contributed by atoms with Gasteiger partial charge in [-0.1, -0.05) is 11.8 Å². The molecule has 2 N–H and O–H groups in total. The van der Waals surface area contributed by atoms with Crippen molar-refractivity contribution in [1.82, 2.24) is 10.3 Å². The van der Waals surface area contributed by atoms with Crippen molar-refractivity contribution in [2.75, 3.05) is 24.4 Å². The Labute approximate surface area is 177 Å². The lowest BCUT2D eigenvalue weighted by Crippen LogP contribution is -2.32. The largest absolute Gasteiger partial charge is 0.462 e. The fourth-order valence-electron chi connectivity index (χ4n) is 2.54. The molecule has 0 bridgehead atoms. The number of benzene rings is 1. The number of fused-ring (bicyclic) bond motifs is 1. The lowest BCUT2D eigenvalue weighted by Gasteiger charge is -2.11. The van der Waals surface area contributed by atoms with E-state index in [9.17, 15) is 14.4 Å². The molecule has 0 radical (unpaired) electrons. The molecule has 1 aromatic heterocycles. The summed E-state index contributed by atoms with van der Waals surface area (Å²) in [6.07, 6.45) is 1.27. The summed E-state index contributed by atoms with van der Waals surface area (Å²) in [5, 5.41) is 5.65. The molecule has 1 aromatic carbocycles. The van der Waals surface area contributed by atoms with E-state index in [-0.39, 0.29) is 36.7 Å². The zero-order valence-electron chi connectivity index (χ0n) is 16.5.